The predicted molar refractivity (Wildman–Crippen MR) is 90.4 cm³/mol. The summed E-state index contributed by atoms with van der Waals surface area (Å²) in [4.78, 5) is 23.6. The lowest BCUT2D eigenvalue weighted by Gasteiger charge is -2.23. The van der Waals surface area contributed by atoms with Crippen molar-refractivity contribution in [2.75, 3.05) is 14.2 Å². The summed E-state index contributed by atoms with van der Waals surface area (Å²) < 4.78 is 17.2. The molecule has 0 spiro atoms. The van der Waals surface area contributed by atoms with Crippen molar-refractivity contribution in [2.45, 2.75) is 39.6 Å². The van der Waals surface area contributed by atoms with Crippen molar-refractivity contribution in [1.29, 1.82) is 5.41 Å². The van der Waals surface area contributed by atoms with Crippen LogP contribution in [-0.2, 0) is 19.0 Å². The number of nitrogens with one attached hydrogen (secondary N) is 1. The molecule has 0 aliphatic heterocycles. The molecule has 1 N–H and O–H groups in total. The van der Waals surface area contributed by atoms with E-state index >= 15 is 0 Å². The van der Waals surface area contributed by atoms with Crippen LogP contribution in [0.2, 0.25) is 0 Å². The molecule has 1 heterocycles. The number of methoxy groups -OCH3 is 2. The average molecular weight is 336 g/mol. The zero-order valence-electron chi connectivity index (χ0n) is 14.9. The summed E-state index contributed by atoms with van der Waals surface area (Å²) in [7, 11) is 2.88. The number of carbonyl (C=O) groups is 2. The Kier molecular flexibility index (Phi) is 6.62. The van der Waals surface area contributed by atoms with Crippen LogP contribution in [0.5, 0.6) is 0 Å². The van der Waals surface area contributed by atoms with Gasteiger partial charge in [0.25, 0.3) is 0 Å². The second-order valence-electron chi connectivity index (χ2n) is 6.18. The van der Waals surface area contributed by atoms with Crippen molar-refractivity contribution in [3.05, 3.63) is 28.6 Å². The summed E-state index contributed by atoms with van der Waals surface area (Å²) in [6.45, 7) is 6.86. The Morgan fingerprint density at radius 3 is 2.29 bits per heavy atom. The number of aldehydes is 1. The number of aromatic nitrogens is 1. The fourth-order valence-corrected chi connectivity index (χ4v) is 2.10. The van der Waals surface area contributed by atoms with Crippen molar-refractivity contribution in [3.8, 4) is 0 Å². The van der Waals surface area contributed by atoms with Crippen LogP contribution in [0.4, 0.5) is 4.79 Å². The van der Waals surface area contributed by atoms with Gasteiger partial charge in [0.2, 0.25) is 0 Å². The highest BCUT2D eigenvalue weighted by Crippen LogP contribution is 2.27. The van der Waals surface area contributed by atoms with Crippen molar-refractivity contribution in [3.63, 3.8) is 0 Å². The van der Waals surface area contributed by atoms with Gasteiger partial charge in [0.15, 0.2) is 6.29 Å². The molecule has 0 fully saturated rings. The van der Waals surface area contributed by atoms with E-state index in [4.69, 9.17) is 19.6 Å². The molecule has 7 heteroatoms. The molecule has 0 radical (unpaired) electrons. The monoisotopic (exact) mass is 336 g/mol. The third kappa shape index (κ3) is 4.62. The molecule has 0 atom stereocenters. The number of rotatable bonds is 6. The minimum Gasteiger partial charge on any atom is -0.443 e. The van der Waals surface area contributed by atoms with E-state index in [1.807, 2.05) is 0 Å². The minimum atomic E-state index is -0.824. The Hall–Kier alpha value is -2.25. The van der Waals surface area contributed by atoms with E-state index in [-0.39, 0.29) is 0 Å². The topological polar surface area (TPSA) is 90.6 Å². The van der Waals surface area contributed by atoms with Crippen LogP contribution < -0.4 is 0 Å². The molecule has 7 nitrogen and oxygen atoms in total. The number of allylic oxidation sites excluding steroid dienone is 1. The SMILES string of the molecule is COC(OC)c1cc(C=N)c(/C=C(\C)C=O)n1C(=O)OC(C)(C)C. The molecule has 0 saturated carbocycles. The first-order chi connectivity index (χ1) is 11.2. The zero-order chi connectivity index (χ0) is 18.5. The molecule has 0 aliphatic carbocycles. The molecule has 0 saturated heterocycles. The van der Waals surface area contributed by atoms with Gasteiger partial charge in [-0.05, 0) is 45.4 Å². The quantitative estimate of drug-likeness (QED) is 0.373. The zero-order valence-corrected chi connectivity index (χ0v) is 14.9. The van der Waals surface area contributed by atoms with Gasteiger partial charge in [-0.3, -0.25) is 4.79 Å². The number of hydrogen-bond donors (Lipinski definition) is 1. The van der Waals surface area contributed by atoms with Crippen LogP contribution in [0, 0.1) is 5.41 Å². The Morgan fingerprint density at radius 1 is 1.29 bits per heavy atom. The van der Waals surface area contributed by atoms with Gasteiger partial charge in [-0.2, -0.15) is 0 Å². The highest BCUT2D eigenvalue weighted by atomic mass is 16.7. The van der Waals surface area contributed by atoms with E-state index in [0.29, 0.717) is 28.8 Å². The largest absolute Gasteiger partial charge is 0.443 e. The molecule has 1 rings (SSSR count). The molecule has 1 aromatic rings. The van der Waals surface area contributed by atoms with Gasteiger partial charge >= 0.3 is 6.09 Å². The predicted octanol–water partition coefficient (Wildman–Crippen LogP) is 3.16. The van der Waals surface area contributed by atoms with Crippen molar-refractivity contribution >= 4 is 24.7 Å². The number of carbonyl (C=O) groups excluding carboxylic acids is 2. The summed E-state index contributed by atoms with van der Waals surface area (Å²) >= 11 is 0. The van der Waals surface area contributed by atoms with E-state index in [2.05, 4.69) is 0 Å². The molecule has 24 heavy (non-hydrogen) atoms. The Morgan fingerprint density at radius 2 is 1.88 bits per heavy atom. The van der Waals surface area contributed by atoms with Gasteiger partial charge in [0.1, 0.15) is 11.9 Å². The van der Waals surface area contributed by atoms with Crippen molar-refractivity contribution < 1.29 is 23.8 Å². The van der Waals surface area contributed by atoms with Crippen LogP contribution in [-0.4, -0.2) is 43.0 Å². The first-order valence-corrected chi connectivity index (χ1v) is 7.37. The fourth-order valence-electron chi connectivity index (χ4n) is 2.10. The van der Waals surface area contributed by atoms with E-state index in [9.17, 15) is 9.59 Å². The molecule has 132 valence electrons. The van der Waals surface area contributed by atoms with E-state index < -0.39 is 18.0 Å². The third-order valence-electron chi connectivity index (χ3n) is 3.05. The number of hydrogen-bond acceptors (Lipinski definition) is 6. The smallest absolute Gasteiger partial charge is 0.419 e. The van der Waals surface area contributed by atoms with Crippen LogP contribution >= 0.6 is 0 Å². The van der Waals surface area contributed by atoms with Crippen LogP contribution in [0.1, 0.15) is 50.9 Å². The molecular weight excluding hydrogens is 312 g/mol. The van der Waals surface area contributed by atoms with E-state index in [1.54, 1.807) is 33.8 Å². The van der Waals surface area contributed by atoms with E-state index in [1.165, 1.54) is 24.9 Å². The second kappa shape index (κ2) is 8.03. The lowest BCUT2D eigenvalue weighted by atomic mass is 10.2. The number of ether oxygens (including phenoxy) is 3. The van der Waals surface area contributed by atoms with Crippen LogP contribution in [0.15, 0.2) is 11.6 Å². The molecule has 0 amide bonds. The Balaban J connectivity index is 3.63. The van der Waals surface area contributed by atoms with Gasteiger partial charge in [0.05, 0.1) is 11.4 Å². The fraction of sp³-hybridized carbons (Fsp3) is 0.471. The Labute approximate surface area is 141 Å². The summed E-state index contributed by atoms with van der Waals surface area (Å²) in [6.07, 6.45) is 1.81. The number of nitrogens with zero attached hydrogens (tertiary/aromatic N) is 1. The normalized spacial score (nSPS) is 12.4. The van der Waals surface area contributed by atoms with Crippen molar-refractivity contribution in [1.82, 2.24) is 4.57 Å². The highest BCUT2D eigenvalue weighted by Gasteiger charge is 2.27. The van der Waals surface area contributed by atoms with Gasteiger partial charge in [0, 0.05) is 26.0 Å². The average Bonchev–Trinajstić information content (AvgIpc) is 2.85. The molecular formula is C17H24N2O5. The third-order valence-corrected chi connectivity index (χ3v) is 3.05. The lowest BCUT2D eigenvalue weighted by molar-refractivity contribution is -0.110. The molecule has 0 bridgehead atoms. The molecule has 0 aromatic carbocycles. The summed E-state index contributed by atoms with van der Waals surface area (Å²) in [6, 6.07) is 1.60. The Bertz CT molecular complexity index is 649. The maximum Gasteiger partial charge on any atom is 0.419 e. The maximum atomic E-state index is 12.7. The highest BCUT2D eigenvalue weighted by molar-refractivity contribution is 5.91. The molecule has 0 aliphatic rings. The second-order valence-corrected chi connectivity index (χ2v) is 6.18. The first-order valence-electron chi connectivity index (χ1n) is 7.37. The van der Waals surface area contributed by atoms with E-state index in [0.717, 1.165) is 6.21 Å². The van der Waals surface area contributed by atoms with Gasteiger partial charge in [-0.25, -0.2) is 9.36 Å². The van der Waals surface area contributed by atoms with Gasteiger partial charge in [-0.1, -0.05) is 0 Å². The molecule has 1 aromatic heterocycles. The standard InChI is InChI=1S/C17H24N2O5/c1-11(10-20)7-13-12(9-18)8-14(15(22-5)23-6)19(13)16(21)24-17(2,3)4/h7-10,15,18H,1-6H3/b11-7+,18-9?. The van der Waals surface area contributed by atoms with Crippen molar-refractivity contribution in [2.24, 2.45) is 0 Å². The van der Waals surface area contributed by atoms with Crippen LogP contribution in [0.25, 0.3) is 6.08 Å². The minimum absolute atomic E-state index is 0.359. The lowest BCUT2D eigenvalue weighted by Crippen LogP contribution is -2.29. The van der Waals surface area contributed by atoms with Gasteiger partial charge in [-0.15, -0.1) is 0 Å². The maximum absolute atomic E-state index is 12.7. The van der Waals surface area contributed by atoms with Crippen LogP contribution in [0.3, 0.4) is 0 Å². The van der Waals surface area contributed by atoms with Gasteiger partial charge < -0.3 is 19.6 Å². The summed E-state index contributed by atoms with van der Waals surface area (Å²) in [5.41, 5.74) is 0.866. The molecule has 0 unspecified atom stereocenters. The summed E-state index contributed by atoms with van der Waals surface area (Å²) in [5, 5.41) is 7.58. The first kappa shape index (κ1) is 19.8. The summed E-state index contributed by atoms with van der Waals surface area (Å²) in [5.74, 6) is 0.